The standard InChI is InChI=1S/C13H15F3N2O2/c1-12(7-2-8-17-12)11(19)18-9-3-5-10(6-4-9)20-13(14,15)16/h3-6,17H,2,7-8H2,1H3,(H,18,19). The number of carbonyl (C=O) groups excluding carboxylic acids is 1. The Morgan fingerprint density at radius 1 is 1.35 bits per heavy atom. The molecule has 0 bridgehead atoms. The minimum Gasteiger partial charge on any atom is -0.406 e. The Bertz CT molecular complexity index is 479. The van der Waals surface area contributed by atoms with Crippen molar-refractivity contribution in [2.24, 2.45) is 0 Å². The number of hydrogen-bond donors (Lipinski definition) is 2. The first-order valence-corrected chi connectivity index (χ1v) is 6.21. The van der Waals surface area contributed by atoms with E-state index in [1.165, 1.54) is 12.1 Å². The summed E-state index contributed by atoms with van der Waals surface area (Å²) in [6.07, 6.45) is -3.07. The first kappa shape index (κ1) is 14.6. The van der Waals surface area contributed by atoms with E-state index in [2.05, 4.69) is 15.4 Å². The number of hydrogen-bond acceptors (Lipinski definition) is 3. The average Bonchev–Trinajstić information content (AvgIpc) is 2.78. The van der Waals surface area contributed by atoms with Gasteiger partial charge in [-0.2, -0.15) is 0 Å². The van der Waals surface area contributed by atoms with E-state index in [-0.39, 0.29) is 11.7 Å². The van der Waals surface area contributed by atoms with Gasteiger partial charge < -0.3 is 15.4 Å². The Balaban J connectivity index is 1.98. The van der Waals surface area contributed by atoms with E-state index < -0.39 is 11.9 Å². The topological polar surface area (TPSA) is 50.4 Å². The molecule has 4 nitrogen and oxygen atoms in total. The smallest absolute Gasteiger partial charge is 0.406 e. The average molecular weight is 288 g/mol. The fourth-order valence-electron chi connectivity index (χ4n) is 2.10. The van der Waals surface area contributed by atoms with Crippen LogP contribution in [0.1, 0.15) is 19.8 Å². The second-order valence-electron chi connectivity index (χ2n) is 4.89. The molecular formula is C13H15F3N2O2. The van der Waals surface area contributed by atoms with Crippen LogP contribution >= 0.6 is 0 Å². The molecule has 1 aliphatic heterocycles. The van der Waals surface area contributed by atoms with Crippen LogP contribution in [0.15, 0.2) is 24.3 Å². The second-order valence-corrected chi connectivity index (χ2v) is 4.89. The summed E-state index contributed by atoms with van der Waals surface area (Å²) in [4.78, 5) is 12.1. The lowest BCUT2D eigenvalue weighted by Gasteiger charge is -2.23. The van der Waals surface area contributed by atoms with Crippen LogP contribution in [0.3, 0.4) is 0 Å². The highest BCUT2D eigenvalue weighted by atomic mass is 19.4. The normalized spacial score (nSPS) is 22.6. The van der Waals surface area contributed by atoms with Crippen LogP contribution in [0.25, 0.3) is 0 Å². The number of halogens is 3. The molecule has 2 N–H and O–H groups in total. The lowest BCUT2D eigenvalue weighted by molar-refractivity contribution is -0.274. The van der Waals surface area contributed by atoms with Crippen molar-refractivity contribution in [3.63, 3.8) is 0 Å². The van der Waals surface area contributed by atoms with Crippen molar-refractivity contribution in [3.8, 4) is 5.75 Å². The third-order valence-corrected chi connectivity index (χ3v) is 3.22. The molecule has 0 radical (unpaired) electrons. The SMILES string of the molecule is CC1(C(=O)Nc2ccc(OC(F)(F)F)cc2)CCCN1. The van der Waals surface area contributed by atoms with Crippen LogP contribution < -0.4 is 15.4 Å². The molecule has 0 saturated carbocycles. The van der Waals surface area contributed by atoms with Gasteiger partial charge in [-0.25, -0.2) is 0 Å². The lowest BCUT2D eigenvalue weighted by atomic mass is 9.99. The van der Waals surface area contributed by atoms with Crippen molar-refractivity contribution >= 4 is 11.6 Å². The molecule has 1 atom stereocenters. The van der Waals surface area contributed by atoms with Gasteiger partial charge in [0.05, 0.1) is 5.54 Å². The molecule has 0 aromatic heterocycles. The predicted molar refractivity (Wildman–Crippen MR) is 67.4 cm³/mol. The Labute approximate surface area is 114 Å². The highest BCUT2D eigenvalue weighted by molar-refractivity contribution is 5.98. The minimum absolute atomic E-state index is 0.195. The first-order valence-electron chi connectivity index (χ1n) is 6.21. The van der Waals surface area contributed by atoms with Crippen LogP contribution in [0.4, 0.5) is 18.9 Å². The van der Waals surface area contributed by atoms with Gasteiger partial charge in [-0.15, -0.1) is 13.2 Å². The zero-order chi connectivity index (χ0) is 14.8. The molecule has 0 aliphatic carbocycles. The van der Waals surface area contributed by atoms with Gasteiger partial charge in [-0.3, -0.25) is 4.79 Å². The van der Waals surface area contributed by atoms with Crippen molar-refractivity contribution in [2.45, 2.75) is 31.7 Å². The van der Waals surface area contributed by atoms with Gasteiger partial charge in [0.15, 0.2) is 0 Å². The molecule has 1 saturated heterocycles. The maximum absolute atomic E-state index is 12.1. The lowest BCUT2D eigenvalue weighted by Crippen LogP contribution is -2.47. The Morgan fingerprint density at radius 2 is 2.00 bits per heavy atom. The molecule has 1 unspecified atom stereocenters. The van der Waals surface area contributed by atoms with Crippen LogP contribution in [0.5, 0.6) is 5.75 Å². The van der Waals surface area contributed by atoms with Crippen LogP contribution in [0, 0.1) is 0 Å². The summed E-state index contributed by atoms with van der Waals surface area (Å²) in [7, 11) is 0. The molecule has 20 heavy (non-hydrogen) atoms. The molecule has 0 spiro atoms. The zero-order valence-electron chi connectivity index (χ0n) is 10.9. The van der Waals surface area contributed by atoms with E-state index in [0.717, 1.165) is 31.5 Å². The minimum atomic E-state index is -4.72. The molecule has 1 aromatic carbocycles. The summed E-state index contributed by atoms with van der Waals surface area (Å²) in [6, 6.07) is 5.07. The van der Waals surface area contributed by atoms with E-state index >= 15 is 0 Å². The van der Waals surface area contributed by atoms with Crippen molar-refractivity contribution in [2.75, 3.05) is 11.9 Å². The van der Waals surface area contributed by atoms with E-state index in [1.807, 2.05) is 0 Å². The van der Waals surface area contributed by atoms with Gasteiger partial charge in [-0.05, 0) is 50.6 Å². The summed E-state index contributed by atoms with van der Waals surface area (Å²) in [6.45, 7) is 2.58. The summed E-state index contributed by atoms with van der Waals surface area (Å²) in [5.41, 5.74) is -0.194. The molecule has 1 fully saturated rings. The third-order valence-electron chi connectivity index (χ3n) is 3.22. The number of rotatable bonds is 3. The van der Waals surface area contributed by atoms with Crippen molar-refractivity contribution < 1.29 is 22.7 Å². The van der Waals surface area contributed by atoms with Gasteiger partial charge in [0.1, 0.15) is 5.75 Å². The summed E-state index contributed by atoms with van der Waals surface area (Å²) in [5.74, 6) is -0.514. The van der Waals surface area contributed by atoms with Gasteiger partial charge in [0.25, 0.3) is 0 Å². The monoisotopic (exact) mass is 288 g/mol. The molecule has 7 heteroatoms. The molecule has 2 rings (SSSR count). The van der Waals surface area contributed by atoms with Crippen molar-refractivity contribution in [3.05, 3.63) is 24.3 Å². The van der Waals surface area contributed by atoms with Gasteiger partial charge in [-0.1, -0.05) is 0 Å². The summed E-state index contributed by atoms with van der Waals surface area (Å²) >= 11 is 0. The number of ether oxygens (including phenoxy) is 1. The fourth-order valence-corrected chi connectivity index (χ4v) is 2.10. The number of amides is 1. The molecule has 1 heterocycles. The van der Waals surface area contributed by atoms with E-state index in [0.29, 0.717) is 5.69 Å². The van der Waals surface area contributed by atoms with Crippen LogP contribution in [0.2, 0.25) is 0 Å². The van der Waals surface area contributed by atoms with Gasteiger partial charge >= 0.3 is 6.36 Å². The number of carbonyl (C=O) groups is 1. The van der Waals surface area contributed by atoms with Crippen molar-refractivity contribution in [1.82, 2.24) is 5.32 Å². The Kier molecular flexibility index (Phi) is 3.89. The van der Waals surface area contributed by atoms with Gasteiger partial charge in [0, 0.05) is 5.69 Å². The van der Waals surface area contributed by atoms with E-state index in [9.17, 15) is 18.0 Å². The largest absolute Gasteiger partial charge is 0.573 e. The summed E-state index contributed by atoms with van der Waals surface area (Å²) < 4.78 is 39.8. The molecule has 1 amide bonds. The maximum atomic E-state index is 12.1. The van der Waals surface area contributed by atoms with Crippen LogP contribution in [-0.2, 0) is 4.79 Å². The Morgan fingerprint density at radius 3 is 2.50 bits per heavy atom. The highest BCUT2D eigenvalue weighted by Crippen LogP contribution is 2.25. The molecular weight excluding hydrogens is 273 g/mol. The molecule has 110 valence electrons. The number of anilines is 1. The summed E-state index contributed by atoms with van der Waals surface area (Å²) in [5, 5.41) is 5.79. The van der Waals surface area contributed by atoms with E-state index in [1.54, 1.807) is 6.92 Å². The fraction of sp³-hybridized carbons (Fsp3) is 0.462. The number of nitrogens with one attached hydrogen (secondary N) is 2. The molecule has 1 aromatic rings. The quantitative estimate of drug-likeness (QED) is 0.899. The second kappa shape index (κ2) is 5.32. The number of benzene rings is 1. The maximum Gasteiger partial charge on any atom is 0.573 e. The number of alkyl halides is 3. The third kappa shape index (κ3) is 3.63. The van der Waals surface area contributed by atoms with E-state index in [4.69, 9.17) is 0 Å². The van der Waals surface area contributed by atoms with Gasteiger partial charge in [0.2, 0.25) is 5.91 Å². The zero-order valence-corrected chi connectivity index (χ0v) is 10.9. The van der Waals surface area contributed by atoms with Crippen LogP contribution in [-0.4, -0.2) is 24.4 Å². The predicted octanol–water partition coefficient (Wildman–Crippen LogP) is 2.67. The highest BCUT2D eigenvalue weighted by Gasteiger charge is 2.36. The van der Waals surface area contributed by atoms with Crippen molar-refractivity contribution in [1.29, 1.82) is 0 Å². The molecule has 1 aliphatic rings. The first-order chi connectivity index (χ1) is 9.28. The Hall–Kier alpha value is -1.76.